The molecular formula is C18H35Cl2N3O. The van der Waals surface area contributed by atoms with Gasteiger partial charge in [-0.2, -0.15) is 0 Å². The normalized spacial score (nSPS) is 32.2. The first-order valence-electron chi connectivity index (χ1n) is 9.35. The van der Waals surface area contributed by atoms with Crippen LogP contribution in [-0.4, -0.2) is 49.1 Å². The molecule has 0 aromatic rings. The van der Waals surface area contributed by atoms with E-state index in [1.807, 2.05) is 0 Å². The number of nitrogens with one attached hydrogen (secondary N) is 2. The van der Waals surface area contributed by atoms with Crippen molar-refractivity contribution >= 4 is 30.7 Å². The fraction of sp³-hybridized carbons (Fsp3) is 0.944. The van der Waals surface area contributed by atoms with Gasteiger partial charge in [0.2, 0.25) is 5.91 Å². The summed E-state index contributed by atoms with van der Waals surface area (Å²) in [5.74, 6) is 1.54. The van der Waals surface area contributed by atoms with Gasteiger partial charge in [0.05, 0.1) is 0 Å². The number of hydrogen-bond donors (Lipinski definition) is 2. The molecule has 0 aromatic carbocycles. The van der Waals surface area contributed by atoms with Crippen molar-refractivity contribution in [3.05, 3.63) is 0 Å². The lowest BCUT2D eigenvalue weighted by Gasteiger charge is -2.47. The summed E-state index contributed by atoms with van der Waals surface area (Å²) in [6.45, 7) is 4.50. The molecule has 3 atom stereocenters. The third kappa shape index (κ3) is 5.48. The van der Waals surface area contributed by atoms with Crippen LogP contribution in [0.2, 0.25) is 0 Å². The topological polar surface area (TPSA) is 44.4 Å². The Kier molecular flexibility index (Phi) is 9.35. The molecule has 142 valence electrons. The van der Waals surface area contributed by atoms with Crippen LogP contribution in [0.1, 0.15) is 58.3 Å². The van der Waals surface area contributed by atoms with E-state index in [1.54, 1.807) is 0 Å². The molecule has 0 radical (unpaired) electrons. The Morgan fingerprint density at radius 3 is 2.29 bits per heavy atom. The van der Waals surface area contributed by atoms with Crippen molar-refractivity contribution in [3.63, 3.8) is 0 Å². The predicted molar refractivity (Wildman–Crippen MR) is 104 cm³/mol. The molecule has 0 spiro atoms. The van der Waals surface area contributed by atoms with Crippen molar-refractivity contribution < 1.29 is 4.79 Å². The number of amides is 1. The highest BCUT2D eigenvalue weighted by atomic mass is 35.5. The number of fused-ring (bicyclic) bond motifs is 2. The van der Waals surface area contributed by atoms with Crippen LogP contribution in [0.3, 0.4) is 0 Å². The number of nitrogens with zero attached hydrogens (tertiary/aromatic N) is 1. The van der Waals surface area contributed by atoms with Crippen LogP contribution < -0.4 is 10.6 Å². The summed E-state index contributed by atoms with van der Waals surface area (Å²) in [5, 5.41) is 6.77. The summed E-state index contributed by atoms with van der Waals surface area (Å²) in [4.78, 5) is 15.0. The van der Waals surface area contributed by atoms with Crippen LogP contribution in [0, 0.1) is 11.8 Å². The highest BCUT2D eigenvalue weighted by molar-refractivity contribution is 5.85. The standard InChI is InChI=1S/C18H33N3O.2ClH/c1-13(14-6-8-19-9-7-14)10-18(22)20-15-11-16-4-3-5-17(12-15)21(16)2;;/h13-17,19H,3-12H2,1-2H3,(H,20,22);2*1H. The number of halogens is 2. The predicted octanol–water partition coefficient (Wildman–Crippen LogP) is 2.99. The molecule has 3 fully saturated rings. The van der Waals surface area contributed by atoms with E-state index < -0.39 is 0 Å². The largest absolute Gasteiger partial charge is 0.353 e. The maximum atomic E-state index is 12.4. The van der Waals surface area contributed by atoms with Crippen LogP contribution >= 0.6 is 24.8 Å². The van der Waals surface area contributed by atoms with E-state index in [2.05, 4.69) is 29.5 Å². The second-order valence-corrected chi connectivity index (χ2v) is 7.91. The number of carbonyl (C=O) groups excluding carboxylic acids is 1. The van der Waals surface area contributed by atoms with E-state index >= 15 is 0 Å². The van der Waals surface area contributed by atoms with Gasteiger partial charge in [-0.1, -0.05) is 13.3 Å². The molecule has 3 rings (SSSR count). The molecule has 3 unspecified atom stereocenters. The molecule has 2 N–H and O–H groups in total. The quantitative estimate of drug-likeness (QED) is 0.788. The second kappa shape index (κ2) is 10.2. The van der Waals surface area contributed by atoms with Gasteiger partial charge in [0.1, 0.15) is 0 Å². The first-order chi connectivity index (χ1) is 10.6. The third-order valence-corrected chi connectivity index (χ3v) is 6.40. The maximum Gasteiger partial charge on any atom is 0.220 e. The first-order valence-corrected chi connectivity index (χ1v) is 9.35. The van der Waals surface area contributed by atoms with E-state index in [0.29, 0.717) is 36.4 Å². The van der Waals surface area contributed by atoms with Gasteiger partial charge in [-0.05, 0) is 70.5 Å². The molecule has 3 aliphatic heterocycles. The summed E-state index contributed by atoms with van der Waals surface area (Å²) in [7, 11) is 2.27. The van der Waals surface area contributed by atoms with Crippen molar-refractivity contribution in [1.82, 2.24) is 15.5 Å². The fourth-order valence-corrected chi connectivity index (χ4v) is 4.89. The number of carbonyl (C=O) groups is 1. The highest BCUT2D eigenvalue weighted by Gasteiger charge is 2.36. The van der Waals surface area contributed by atoms with Gasteiger partial charge >= 0.3 is 0 Å². The molecule has 4 nitrogen and oxygen atoms in total. The number of piperidine rings is 3. The smallest absolute Gasteiger partial charge is 0.220 e. The lowest BCUT2D eigenvalue weighted by Crippen LogP contribution is -2.55. The third-order valence-electron chi connectivity index (χ3n) is 6.40. The molecule has 6 heteroatoms. The zero-order valence-corrected chi connectivity index (χ0v) is 16.8. The molecule has 1 amide bonds. The average Bonchev–Trinajstić information content (AvgIpc) is 2.49. The minimum Gasteiger partial charge on any atom is -0.353 e. The van der Waals surface area contributed by atoms with Gasteiger partial charge in [0.25, 0.3) is 0 Å². The molecule has 3 saturated heterocycles. The molecule has 0 saturated carbocycles. The molecule has 24 heavy (non-hydrogen) atoms. The molecular weight excluding hydrogens is 345 g/mol. The Hall–Kier alpha value is -0.0300. The number of hydrogen-bond acceptors (Lipinski definition) is 3. The number of rotatable bonds is 4. The summed E-state index contributed by atoms with van der Waals surface area (Å²) < 4.78 is 0. The van der Waals surface area contributed by atoms with Gasteiger partial charge in [0, 0.05) is 24.5 Å². The monoisotopic (exact) mass is 379 g/mol. The summed E-state index contributed by atoms with van der Waals surface area (Å²) in [6, 6.07) is 1.80. The van der Waals surface area contributed by atoms with Crippen LogP contribution in [-0.2, 0) is 4.79 Å². The highest BCUT2D eigenvalue weighted by Crippen LogP contribution is 2.33. The van der Waals surface area contributed by atoms with Crippen molar-refractivity contribution in [2.45, 2.75) is 76.4 Å². The van der Waals surface area contributed by atoms with Crippen LogP contribution in [0.5, 0.6) is 0 Å². The summed E-state index contributed by atoms with van der Waals surface area (Å²) in [6.07, 6.45) is 9.47. The Labute approximate surface area is 159 Å². The van der Waals surface area contributed by atoms with Crippen LogP contribution in [0.15, 0.2) is 0 Å². The van der Waals surface area contributed by atoms with Gasteiger partial charge in [-0.25, -0.2) is 0 Å². The second-order valence-electron chi connectivity index (χ2n) is 7.91. The minimum atomic E-state index is 0. The van der Waals surface area contributed by atoms with Gasteiger partial charge in [-0.15, -0.1) is 24.8 Å². The Morgan fingerprint density at radius 2 is 1.71 bits per heavy atom. The van der Waals surface area contributed by atoms with Crippen molar-refractivity contribution in [1.29, 1.82) is 0 Å². The molecule has 0 aromatic heterocycles. The zero-order chi connectivity index (χ0) is 15.5. The van der Waals surface area contributed by atoms with Gasteiger partial charge in [-0.3, -0.25) is 4.79 Å². The van der Waals surface area contributed by atoms with Crippen molar-refractivity contribution in [2.75, 3.05) is 20.1 Å². The molecule has 0 aliphatic carbocycles. The summed E-state index contributed by atoms with van der Waals surface area (Å²) in [5.41, 5.74) is 0. The SMILES string of the molecule is CC(CC(=O)NC1CC2CCCC(C1)N2C)C1CCNCC1.Cl.Cl. The van der Waals surface area contributed by atoms with E-state index in [9.17, 15) is 4.79 Å². The zero-order valence-electron chi connectivity index (χ0n) is 15.1. The fourth-order valence-electron chi connectivity index (χ4n) is 4.89. The van der Waals surface area contributed by atoms with Crippen LogP contribution in [0.4, 0.5) is 0 Å². The summed E-state index contributed by atoms with van der Waals surface area (Å²) >= 11 is 0. The average molecular weight is 380 g/mol. The Bertz CT molecular complexity index is 376. The van der Waals surface area contributed by atoms with E-state index in [0.717, 1.165) is 31.8 Å². The molecule has 2 bridgehead atoms. The minimum absolute atomic E-state index is 0. The first kappa shape index (κ1) is 22.0. The molecule has 3 heterocycles. The molecule has 3 aliphatic rings. The van der Waals surface area contributed by atoms with Crippen LogP contribution in [0.25, 0.3) is 0 Å². The van der Waals surface area contributed by atoms with E-state index in [4.69, 9.17) is 0 Å². The lowest BCUT2D eigenvalue weighted by atomic mass is 9.81. The van der Waals surface area contributed by atoms with E-state index in [1.165, 1.54) is 32.1 Å². The van der Waals surface area contributed by atoms with Gasteiger partial charge < -0.3 is 15.5 Å². The maximum absolute atomic E-state index is 12.4. The lowest BCUT2D eigenvalue weighted by molar-refractivity contribution is -0.123. The van der Waals surface area contributed by atoms with E-state index in [-0.39, 0.29) is 24.8 Å². The van der Waals surface area contributed by atoms with Crippen molar-refractivity contribution in [2.24, 2.45) is 11.8 Å². The Morgan fingerprint density at radius 1 is 1.12 bits per heavy atom. The Balaban J connectivity index is 0.00000144. The van der Waals surface area contributed by atoms with Gasteiger partial charge in [0.15, 0.2) is 0 Å². The van der Waals surface area contributed by atoms with Crippen molar-refractivity contribution in [3.8, 4) is 0 Å².